The van der Waals surface area contributed by atoms with E-state index in [9.17, 15) is 9.90 Å². The van der Waals surface area contributed by atoms with Crippen LogP contribution < -0.4 is 0 Å². The van der Waals surface area contributed by atoms with Gasteiger partial charge in [0.25, 0.3) is 0 Å². The Morgan fingerprint density at radius 3 is 2.74 bits per heavy atom. The van der Waals surface area contributed by atoms with Gasteiger partial charge in [0.2, 0.25) is 0 Å². The quantitative estimate of drug-likeness (QED) is 0.927. The van der Waals surface area contributed by atoms with Crippen molar-refractivity contribution in [3.63, 3.8) is 0 Å². The molecule has 1 aromatic carbocycles. The van der Waals surface area contributed by atoms with Crippen molar-refractivity contribution in [3.8, 4) is 0 Å². The third kappa shape index (κ3) is 2.84. The number of unbranched alkanes of at least 4 members (excludes halogenated alkanes) is 1. The molecule has 0 atom stereocenters. The Balaban J connectivity index is 2.68. The van der Waals surface area contributed by atoms with Crippen molar-refractivity contribution in [1.82, 2.24) is 9.97 Å². The fraction of sp³-hybridized carbons (Fsp3) is 0.357. The van der Waals surface area contributed by atoms with Crippen LogP contribution in [0.15, 0.2) is 12.1 Å². The van der Waals surface area contributed by atoms with Crippen LogP contribution in [0.2, 0.25) is 5.02 Å². The normalized spacial score (nSPS) is 10.9. The number of rotatable bonds is 4. The lowest BCUT2D eigenvalue weighted by Crippen LogP contribution is -2.07. The Kier molecular flexibility index (Phi) is 4.00. The van der Waals surface area contributed by atoms with E-state index in [1.807, 2.05) is 6.92 Å². The molecule has 0 aliphatic carbocycles. The Labute approximate surface area is 116 Å². The molecule has 0 aliphatic rings. The predicted molar refractivity (Wildman–Crippen MR) is 74.9 cm³/mol. The summed E-state index contributed by atoms with van der Waals surface area (Å²) < 4.78 is 0. The van der Waals surface area contributed by atoms with Crippen LogP contribution in [0.1, 0.15) is 41.6 Å². The van der Waals surface area contributed by atoms with Gasteiger partial charge in [0.05, 0.1) is 5.52 Å². The van der Waals surface area contributed by atoms with Crippen LogP contribution in [0.5, 0.6) is 0 Å². The van der Waals surface area contributed by atoms with Gasteiger partial charge in [-0.25, -0.2) is 14.8 Å². The third-order valence-electron chi connectivity index (χ3n) is 2.96. The van der Waals surface area contributed by atoms with E-state index in [-0.39, 0.29) is 5.69 Å². The maximum atomic E-state index is 11.3. The van der Waals surface area contributed by atoms with Gasteiger partial charge in [-0.3, -0.25) is 0 Å². The molecule has 0 bridgehead atoms. The van der Waals surface area contributed by atoms with Crippen LogP contribution in [0.3, 0.4) is 0 Å². The van der Waals surface area contributed by atoms with Gasteiger partial charge in [-0.15, -0.1) is 0 Å². The number of hydrogen-bond donors (Lipinski definition) is 1. The van der Waals surface area contributed by atoms with Gasteiger partial charge in [-0.1, -0.05) is 24.9 Å². The highest BCUT2D eigenvalue weighted by Gasteiger charge is 2.15. The van der Waals surface area contributed by atoms with E-state index in [0.717, 1.165) is 18.4 Å². The smallest absolute Gasteiger partial charge is 0.355 e. The summed E-state index contributed by atoms with van der Waals surface area (Å²) in [6, 6.07) is 3.39. The van der Waals surface area contributed by atoms with Crippen molar-refractivity contribution in [2.24, 2.45) is 0 Å². The Hall–Kier alpha value is -1.68. The largest absolute Gasteiger partial charge is 0.476 e. The highest BCUT2D eigenvalue weighted by atomic mass is 35.5. The fourth-order valence-corrected chi connectivity index (χ4v) is 2.29. The van der Waals surface area contributed by atoms with E-state index < -0.39 is 5.97 Å². The minimum absolute atomic E-state index is 0.0294. The Morgan fingerprint density at radius 2 is 2.11 bits per heavy atom. The molecule has 0 saturated heterocycles. The zero-order valence-corrected chi connectivity index (χ0v) is 11.7. The summed E-state index contributed by atoms with van der Waals surface area (Å²) in [6.45, 7) is 3.95. The van der Waals surface area contributed by atoms with E-state index in [0.29, 0.717) is 28.2 Å². The van der Waals surface area contributed by atoms with Crippen molar-refractivity contribution in [3.05, 3.63) is 34.2 Å². The molecule has 1 heterocycles. The van der Waals surface area contributed by atoms with Gasteiger partial charge in [-0.05, 0) is 31.0 Å². The predicted octanol–water partition coefficient (Wildman–Crippen LogP) is 3.63. The maximum absolute atomic E-state index is 11.3. The average Bonchev–Trinajstić information content (AvgIpc) is 2.35. The summed E-state index contributed by atoms with van der Waals surface area (Å²) in [5.74, 6) is -0.469. The first-order valence-electron chi connectivity index (χ1n) is 6.23. The van der Waals surface area contributed by atoms with Crippen LogP contribution >= 0.6 is 11.6 Å². The first kappa shape index (κ1) is 13.7. The molecule has 0 spiro atoms. The second-order valence-electron chi connectivity index (χ2n) is 4.52. The molecule has 0 unspecified atom stereocenters. The van der Waals surface area contributed by atoms with E-state index in [1.165, 1.54) is 0 Å². The lowest BCUT2D eigenvalue weighted by atomic mass is 10.1. The molecule has 0 amide bonds. The van der Waals surface area contributed by atoms with Crippen LogP contribution in [0.4, 0.5) is 0 Å². The summed E-state index contributed by atoms with van der Waals surface area (Å²) in [5, 5.41) is 10.3. The molecule has 5 heteroatoms. The second kappa shape index (κ2) is 5.53. The van der Waals surface area contributed by atoms with Gasteiger partial charge in [0.15, 0.2) is 5.69 Å². The summed E-state index contributed by atoms with van der Waals surface area (Å²) in [4.78, 5) is 19.9. The van der Waals surface area contributed by atoms with Crippen molar-refractivity contribution < 1.29 is 9.90 Å². The minimum Gasteiger partial charge on any atom is -0.476 e. The van der Waals surface area contributed by atoms with Crippen LogP contribution in [0, 0.1) is 6.92 Å². The zero-order chi connectivity index (χ0) is 14.0. The molecule has 1 aromatic heterocycles. The molecular formula is C14H15ClN2O2. The SMILES string of the molecule is CCCCc1nc(C(=O)O)c2cc(Cl)cc(C)c2n1. The number of aryl methyl sites for hydroxylation is 2. The second-order valence-corrected chi connectivity index (χ2v) is 4.95. The first-order chi connectivity index (χ1) is 9.02. The number of carbonyl (C=O) groups is 1. The Bertz CT molecular complexity index is 641. The molecule has 1 N–H and O–H groups in total. The molecule has 0 radical (unpaired) electrons. The van der Waals surface area contributed by atoms with E-state index in [2.05, 4.69) is 16.9 Å². The first-order valence-corrected chi connectivity index (χ1v) is 6.60. The van der Waals surface area contributed by atoms with Gasteiger partial charge in [0.1, 0.15) is 5.82 Å². The number of carboxylic acid groups (broad SMARTS) is 1. The number of halogens is 1. The highest BCUT2D eigenvalue weighted by Crippen LogP contribution is 2.24. The topological polar surface area (TPSA) is 63.1 Å². The minimum atomic E-state index is -1.05. The zero-order valence-electron chi connectivity index (χ0n) is 10.9. The monoisotopic (exact) mass is 278 g/mol. The van der Waals surface area contributed by atoms with E-state index >= 15 is 0 Å². The number of aromatic nitrogens is 2. The molecule has 0 fully saturated rings. The van der Waals surface area contributed by atoms with Gasteiger partial charge in [0, 0.05) is 16.8 Å². The van der Waals surface area contributed by atoms with Gasteiger partial charge in [-0.2, -0.15) is 0 Å². The third-order valence-corrected chi connectivity index (χ3v) is 3.18. The Morgan fingerprint density at radius 1 is 1.37 bits per heavy atom. The van der Waals surface area contributed by atoms with Gasteiger partial charge >= 0.3 is 5.97 Å². The summed E-state index contributed by atoms with van der Waals surface area (Å²) in [7, 11) is 0. The van der Waals surface area contributed by atoms with Crippen LogP contribution in [-0.2, 0) is 6.42 Å². The molecular weight excluding hydrogens is 264 g/mol. The van der Waals surface area contributed by atoms with Gasteiger partial charge < -0.3 is 5.11 Å². The number of benzene rings is 1. The van der Waals surface area contributed by atoms with E-state index in [4.69, 9.17) is 11.6 Å². The number of hydrogen-bond acceptors (Lipinski definition) is 3. The summed E-state index contributed by atoms with van der Waals surface area (Å²) >= 11 is 5.98. The molecule has 0 aliphatic heterocycles. The molecule has 0 saturated carbocycles. The van der Waals surface area contributed by atoms with Crippen molar-refractivity contribution in [1.29, 1.82) is 0 Å². The molecule has 2 aromatic rings. The summed E-state index contributed by atoms with van der Waals surface area (Å²) in [5.41, 5.74) is 1.56. The maximum Gasteiger partial charge on any atom is 0.355 e. The molecule has 100 valence electrons. The molecule has 4 nitrogen and oxygen atoms in total. The average molecular weight is 279 g/mol. The number of carboxylic acids is 1. The highest BCUT2D eigenvalue weighted by molar-refractivity contribution is 6.31. The summed E-state index contributed by atoms with van der Waals surface area (Å²) in [6.07, 6.45) is 2.65. The van der Waals surface area contributed by atoms with Crippen LogP contribution in [-0.4, -0.2) is 21.0 Å². The lowest BCUT2D eigenvalue weighted by molar-refractivity contribution is 0.0692. The van der Waals surface area contributed by atoms with Crippen molar-refractivity contribution >= 4 is 28.5 Å². The van der Waals surface area contributed by atoms with Crippen LogP contribution in [0.25, 0.3) is 10.9 Å². The number of fused-ring (bicyclic) bond motifs is 1. The van der Waals surface area contributed by atoms with Crippen molar-refractivity contribution in [2.45, 2.75) is 33.1 Å². The standard InChI is InChI=1S/C14H15ClN2O2/c1-3-4-5-11-16-12-8(2)6-9(15)7-10(12)13(17-11)14(18)19/h6-7H,3-5H2,1-2H3,(H,18,19). The van der Waals surface area contributed by atoms with Crippen molar-refractivity contribution in [2.75, 3.05) is 0 Å². The fourth-order valence-electron chi connectivity index (χ4n) is 2.02. The lowest BCUT2D eigenvalue weighted by Gasteiger charge is -2.08. The number of nitrogens with zero attached hydrogens (tertiary/aromatic N) is 2. The molecule has 19 heavy (non-hydrogen) atoms. The van der Waals surface area contributed by atoms with E-state index in [1.54, 1.807) is 12.1 Å². The molecule has 2 rings (SSSR count). The number of aromatic carboxylic acids is 1.